The normalized spacial score (nSPS) is 21.7. The summed E-state index contributed by atoms with van der Waals surface area (Å²) in [6.07, 6.45) is 1.93. The third-order valence-electron chi connectivity index (χ3n) is 2.27. The molecule has 1 heterocycles. The van der Waals surface area contributed by atoms with Crippen LogP contribution in [-0.2, 0) is 14.4 Å². The van der Waals surface area contributed by atoms with Gasteiger partial charge in [-0.3, -0.25) is 25.2 Å². The van der Waals surface area contributed by atoms with E-state index in [0.29, 0.717) is 0 Å². The predicted molar refractivity (Wildman–Crippen MR) is 45.6 cm³/mol. The summed E-state index contributed by atoms with van der Waals surface area (Å²) < 4.78 is 0. The monoisotopic (exact) mass is 197 g/mol. The Labute approximate surface area is 80.4 Å². The van der Waals surface area contributed by atoms with E-state index in [1.54, 1.807) is 0 Å². The summed E-state index contributed by atoms with van der Waals surface area (Å²) in [5.74, 6) is -1.96. The first-order valence-electron chi connectivity index (χ1n) is 4.56. The lowest BCUT2D eigenvalue weighted by atomic mass is 10.1. The third-order valence-corrected chi connectivity index (χ3v) is 2.27. The standard InChI is InChI=1S/C8H11N3O3/c12-6(9-4-1-2-4)3-5-7(13)10-11-8(5)14/h4-5H,1-3H2,(H,9,12)(H,10,13)(H,11,14). The van der Waals surface area contributed by atoms with Crippen LogP contribution in [0.5, 0.6) is 0 Å². The molecule has 0 bridgehead atoms. The van der Waals surface area contributed by atoms with E-state index in [2.05, 4.69) is 16.2 Å². The second-order valence-corrected chi connectivity index (χ2v) is 3.58. The van der Waals surface area contributed by atoms with E-state index in [1.165, 1.54) is 0 Å². The third kappa shape index (κ3) is 1.84. The molecule has 2 aliphatic rings. The molecule has 3 amide bonds. The fourth-order valence-electron chi connectivity index (χ4n) is 1.30. The minimum Gasteiger partial charge on any atom is -0.353 e. The molecule has 3 N–H and O–H groups in total. The van der Waals surface area contributed by atoms with Crippen molar-refractivity contribution in [2.24, 2.45) is 5.92 Å². The van der Waals surface area contributed by atoms with E-state index in [9.17, 15) is 14.4 Å². The lowest BCUT2D eigenvalue weighted by Crippen LogP contribution is -2.31. The highest BCUT2D eigenvalue weighted by molar-refractivity contribution is 6.07. The van der Waals surface area contributed by atoms with Gasteiger partial charge < -0.3 is 5.32 Å². The van der Waals surface area contributed by atoms with Crippen LogP contribution in [0.3, 0.4) is 0 Å². The Bertz CT molecular complexity index is 282. The molecule has 6 heteroatoms. The number of hydrazine groups is 1. The quantitative estimate of drug-likeness (QED) is 0.478. The van der Waals surface area contributed by atoms with E-state index in [0.717, 1.165) is 12.8 Å². The average molecular weight is 197 g/mol. The molecule has 14 heavy (non-hydrogen) atoms. The summed E-state index contributed by atoms with van der Waals surface area (Å²) in [5, 5.41) is 2.72. The van der Waals surface area contributed by atoms with Gasteiger partial charge in [0, 0.05) is 12.5 Å². The van der Waals surface area contributed by atoms with Crippen molar-refractivity contribution < 1.29 is 14.4 Å². The lowest BCUT2D eigenvalue weighted by Gasteiger charge is -2.04. The van der Waals surface area contributed by atoms with Gasteiger partial charge in [-0.25, -0.2) is 0 Å². The van der Waals surface area contributed by atoms with Crippen LogP contribution in [0.4, 0.5) is 0 Å². The van der Waals surface area contributed by atoms with Crippen LogP contribution in [-0.4, -0.2) is 23.8 Å². The zero-order valence-corrected chi connectivity index (χ0v) is 7.50. The molecule has 0 aromatic carbocycles. The van der Waals surface area contributed by atoms with Gasteiger partial charge in [-0.1, -0.05) is 0 Å². The molecule has 2 fully saturated rings. The SMILES string of the molecule is O=C(CC1C(=O)NNC1=O)NC1CC1. The molecule has 1 aliphatic carbocycles. The Kier molecular flexibility index (Phi) is 2.11. The van der Waals surface area contributed by atoms with Gasteiger partial charge >= 0.3 is 0 Å². The van der Waals surface area contributed by atoms with Crippen molar-refractivity contribution in [1.82, 2.24) is 16.2 Å². The van der Waals surface area contributed by atoms with Gasteiger partial charge in [0.05, 0.1) is 0 Å². The zero-order valence-electron chi connectivity index (χ0n) is 7.50. The Balaban J connectivity index is 1.85. The van der Waals surface area contributed by atoms with Crippen LogP contribution in [0, 0.1) is 5.92 Å². The number of hydrogen-bond acceptors (Lipinski definition) is 3. The molecule has 76 valence electrons. The van der Waals surface area contributed by atoms with E-state index in [4.69, 9.17) is 0 Å². The minimum atomic E-state index is -0.867. The molecule has 2 rings (SSSR count). The van der Waals surface area contributed by atoms with Gasteiger partial charge in [-0.05, 0) is 12.8 Å². The maximum atomic E-state index is 11.3. The maximum absolute atomic E-state index is 11.3. The number of carbonyl (C=O) groups excluding carboxylic acids is 3. The smallest absolute Gasteiger partial charge is 0.251 e. The number of hydrogen-bond donors (Lipinski definition) is 3. The van der Waals surface area contributed by atoms with E-state index < -0.39 is 17.7 Å². The Morgan fingerprint density at radius 1 is 1.29 bits per heavy atom. The van der Waals surface area contributed by atoms with Crippen LogP contribution in [0.15, 0.2) is 0 Å². The molecular formula is C8H11N3O3. The molecule has 1 aliphatic heterocycles. The van der Waals surface area contributed by atoms with E-state index >= 15 is 0 Å². The Morgan fingerprint density at radius 3 is 2.36 bits per heavy atom. The van der Waals surface area contributed by atoms with Crippen molar-refractivity contribution in [2.45, 2.75) is 25.3 Å². The predicted octanol–water partition coefficient (Wildman–Crippen LogP) is -1.57. The highest BCUT2D eigenvalue weighted by Gasteiger charge is 2.35. The van der Waals surface area contributed by atoms with Crippen molar-refractivity contribution in [3.8, 4) is 0 Å². The maximum Gasteiger partial charge on any atom is 0.251 e. The molecule has 1 saturated heterocycles. The molecule has 0 radical (unpaired) electrons. The fraction of sp³-hybridized carbons (Fsp3) is 0.625. The van der Waals surface area contributed by atoms with Crippen molar-refractivity contribution in [3.05, 3.63) is 0 Å². The second kappa shape index (κ2) is 3.28. The molecule has 0 aromatic heterocycles. The molecule has 0 atom stereocenters. The lowest BCUT2D eigenvalue weighted by molar-refractivity contribution is -0.133. The highest BCUT2D eigenvalue weighted by Crippen LogP contribution is 2.19. The fourth-order valence-corrected chi connectivity index (χ4v) is 1.30. The summed E-state index contributed by atoms with van der Waals surface area (Å²) in [7, 11) is 0. The zero-order chi connectivity index (χ0) is 10.1. The van der Waals surface area contributed by atoms with Crippen LogP contribution < -0.4 is 16.2 Å². The summed E-state index contributed by atoms with van der Waals surface area (Å²) in [4.78, 5) is 33.4. The molecule has 6 nitrogen and oxygen atoms in total. The van der Waals surface area contributed by atoms with Crippen LogP contribution in [0.1, 0.15) is 19.3 Å². The van der Waals surface area contributed by atoms with Gasteiger partial charge in [-0.15, -0.1) is 0 Å². The topological polar surface area (TPSA) is 87.3 Å². The van der Waals surface area contributed by atoms with Crippen molar-refractivity contribution in [2.75, 3.05) is 0 Å². The molecular weight excluding hydrogens is 186 g/mol. The number of carbonyl (C=O) groups is 3. The summed E-state index contributed by atoms with van der Waals surface area (Å²) in [5.41, 5.74) is 4.35. The first-order valence-corrected chi connectivity index (χ1v) is 4.56. The van der Waals surface area contributed by atoms with E-state index in [-0.39, 0.29) is 18.4 Å². The Morgan fingerprint density at radius 2 is 1.86 bits per heavy atom. The van der Waals surface area contributed by atoms with Crippen molar-refractivity contribution >= 4 is 17.7 Å². The number of nitrogens with one attached hydrogen (secondary N) is 3. The van der Waals surface area contributed by atoms with Gasteiger partial charge in [0.2, 0.25) is 5.91 Å². The van der Waals surface area contributed by atoms with E-state index in [1.807, 2.05) is 0 Å². The minimum absolute atomic E-state index is 0.0613. The summed E-state index contributed by atoms with van der Waals surface area (Å²) >= 11 is 0. The summed E-state index contributed by atoms with van der Waals surface area (Å²) in [6.45, 7) is 0. The van der Waals surface area contributed by atoms with Crippen LogP contribution >= 0.6 is 0 Å². The van der Waals surface area contributed by atoms with Crippen molar-refractivity contribution in [3.63, 3.8) is 0 Å². The molecule has 0 spiro atoms. The molecule has 0 aromatic rings. The first-order chi connectivity index (χ1) is 6.66. The van der Waals surface area contributed by atoms with Crippen LogP contribution in [0.2, 0.25) is 0 Å². The molecule has 0 unspecified atom stereocenters. The molecule has 1 saturated carbocycles. The largest absolute Gasteiger partial charge is 0.353 e. The average Bonchev–Trinajstić information content (AvgIpc) is 2.88. The number of amides is 3. The van der Waals surface area contributed by atoms with Crippen LogP contribution in [0.25, 0.3) is 0 Å². The summed E-state index contributed by atoms with van der Waals surface area (Å²) in [6, 6.07) is 0.259. The first kappa shape index (κ1) is 8.98. The van der Waals surface area contributed by atoms with Gasteiger partial charge in [0.15, 0.2) is 0 Å². The van der Waals surface area contributed by atoms with Gasteiger partial charge in [0.25, 0.3) is 11.8 Å². The van der Waals surface area contributed by atoms with Gasteiger partial charge in [0.1, 0.15) is 5.92 Å². The number of rotatable bonds is 3. The van der Waals surface area contributed by atoms with Gasteiger partial charge in [-0.2, -0.15) is 0 Å². The Hall–Kier alpha value is -1.59. The second-order valence-electron chi connectivity index (χ2n) is 3.58. The highest BCUT2D eigenvalue weighted by atomic mass is 16.2. The van der Waals surface area contributed by atoms with Crippen molar-refractivity contribution in [1.29, 1.82) is 0 Å².